The van der Waals surface area contributed by atoms with Crippen LogP contribution in [-0.2, 0) is 29.4 Å². The molecule has 2 N–H and O–H groups in total. The van der Waals surface area contributed by atoms with E-state index in [1.165, 1.54) is 0 Å². The largest absolute Gasteiger partial charge is 0.481 e. The lowest BCUT2D eigenvalue weighted by molar-refractivity contribution is 0.256. The molecule has 196 valence electrons. The maximum absolute atomic E-state index is 13.2. The number of hydrogen-bond donors (Lipinski definition) is 2. The van der Waals surface area contributed by atoms with Gasteiger partial charge in [-0.25, -0.2) is 22.9 Å². The van der Waals surface area contributed by atoms with E-state index in [4.69, 9.17) is 4.74 Å². The minimum atomic E-state index is -4.09. The number of benzene rings is 2. The summed E-state index contributed by atoms with van der Waals surface area (Å²) >= 11 is 0. The molecule has 0 unspecified atom stereocenters. The van der Waals surface area contributed by atoms with Gasteiger partial charge in [0.05, 0.1) is 17.7 Å². The lowest BCUT2D eigenvalue weighted by Gasteiger charge is -2.19. The fraction of sp³-hybridized carbons (Fsp3) is 0.357. The molecule has 0 radical (unpaired) electrons. The third-order valence-corrected chi connectivity index (χ3v) is 7.87. The van der Waals surface area contributed by atoms with Gasteiger partial charge in [-0.3, -0.25) is 0 Å². The Morgan fingerprint density at radius 3 is 2.59 bits per heavy atom. The van der Waals surface area contributed by atoms with Crippen LogP contribution in [0, 0.1) is 0 Å². The van der Waals surface area contributed by atoms with Crippen molar-refractivity contribution in [1.82, 2.24) is 14.6 Å². The number of anilines is 1. The molecule has 0 atom stereocenters. The minimum absolute atomic E-state index is 0.0567. The molecule has 9 heteroatoms. The van der Waals surface area contributed by atoms with E-state index in [9.17, 15) is 13.2 Å². The smallest absolute Gasteiger partial charge is 0.333 e. The summed E-state index contributed by atoms with van der Waals surface area (Å²) in [6.45, 7) is 4.74. The van der Waals surface area contributed by atoms with Gasteiger partial charge in [0.15, 0.2) is 0 Å². The number of ether oxygens (including phenoxy) is 1. The predicted octanol–water partition coefficient (Wildman–Crippen LogP) is 4.94. The zero-order chi connectivity index (χ0) is 26.7. The van der Waals surface area contributed by atoms with Crippen molar-refractivity contribution in [2.45, 2.75) is 50.5 Å². The van der Waals surface area contributed by atoms with Crippen molar-refractivity contribution in [2.24, 2.45) is 0 Å². The molecule has 37 heavy (non-hydrogen) atoms. The summed E-state index contributed by atoms with van der Waals surface area (Å²) in [6, 6.07) is 11.9. The average Bonchev–Trinajstić information content (AvgIpc) is 3.33. The number of methoxy groups -OCH3 is 1. The summed E-state index contributed by atoms with van der Waals surface area (Å²) in [4.78, 5) is 19.3. The van der Waals surface area contributed by atoms with Gasteiger partial charge in [-0.2, -0.15) is 0 Å². The number of urea groups is 1. The normalized spacial score (nSPS) is 13.1. The summed E-state index contributed by atoms with van der Waals surface area (Å²) in [6.07, 6.45) is 4.34. The Hall–Kier alpha value is -3.43. The van der Waals surface area contributed by atoms with E-state index in [0.717, 1.165) is 52.6 Å². The van der Waals surface area contributed by atoms with Crippen LogP contribution >= 0.6 is 0 Å². The van der Waals surface area contributed by atoms with Crippen molar-refractivity contribution in [2.75, 3.05) is 26.5 Å². The standard InChI is InChI=1S/C28H34N4O4S/c1-18(2)23-12-10-22(15-21(23)17-32(3)4)37(34,35)31-28(33)30-27-24-8-6-7-19(24)9-11-25(27)20-13-14-29-26(16-20)36-5/h9-16,18H,6-8,17H2,1-5H3,(H2,30,31,33). The molecule has 0 fully saturated rings. The SMILES string of the molecule is COc1cc(-c2ccc3c(c2NC(=O)NS(=O)(=O)c2ccc(C(C)C)c(CN(C)C)c2)CCC3)ccn1. The quantitative estimate of drug-likeness (QED) is 0.435. The molecule has 1 aliphatic carbocycles. The number of amides is 2. The van der Waals surface area contributed by atoms with E-state index in [0.29, 0.717) is 18.1 Å². The number of nitrogens with one attached hydrogen (secondary N) is 2. The molecule has 0 bridgehead atoms. The molecular formula is C28H34N4O4S. The van der Waals surface area contributed by atoms with Crippen LogP contribution in [-0.4, -0.2) is 45.5 Å². The van der Waals surface area contributed by atoms with Gasteiger partial charge in [0.2, 0.25) is 5.88 Å². The van der Waals surface area contributed by atoms with Crippen molar-refractivity contribution >= 4 is 21.7 Å². The van der Waals surface area contributed by atoms with Crippen LogP contribution in [0.25, 0.3) is 11.1 Å². The number of pyridine rings is 1. The van der Waals surface area contributed by atoms with Gasteiger partial charge in [0, 0.05) is 24.4 Å². The number of rotatable bonds is 8. The monoisotopic (exact) mass is 522 g/mol. The molecule has 2 aromatic carbocycles. The van der Waals surface area contributed by atoms with Crippen LogP contribution in [0.2, 0.25) is 0 Å². The first kappa shape index (κ1) is 26.6. The highest BCUT2D eigenvalue weighted by Gasteiger charge is 2.24. The molecule has 0 spiro atoms. The van der Waals surface area contributed by atoms with Crippen LogP contribution in [0.5, 0.6) is 5.88 Å². The summed E-state index contributed by atoms with van der Waals surface area (Å²) in [5, 5.41) is 2.85. The Bertz CT molecular complexity index is 1420. The van der Waals surface area contributed by atoms with Crippen molar-refractivity contribution in [3.8, 4) is 17.0 Å². The molecule has 1 heterocycles. The minimum Gasteiger partial charge on any atom is -0.481 e. The third kappa shape index (κ3) is 5.94. The zero-order valence-corrected chi connectivity index (χ0v) is 22.8. The van der Waals surface area contributed by atoms with E-state index >= 15 is 0 Å². The van der Waals surface area contributed by atoms with Gasteiger partial charge >= 0.3 is 6.03 Å². The maximum atomic E-state index is 13.2. The van der Waals surface area contributed by atoms with Gasteiger partial charge in [0.25, 0.3) is 10.0 Å². The van der Waals surface area contributed by atoms with Crippen molar-refractivity contribution in [3.05, 3.63) is 70.9 Å². The molecule has 8 nitrogen and oxygen atoms in total. The summed E-state index contributed by atoms with van der Waals surface area (Å²) in [7, 11) is 1.32. The van der Waals surface area contributed by atoms with Crippen LogP contribution in [0.4, 0.5) is 10.5 Å². The Morgan fingerprint density at radius 1 is 1.11 bits per heavy atom. The third-order valence-electron chi connectivity index (χ3n) is 6.54. The van der Waals surface area contributed by atoms with Crippen molar-refractivity contribution in [1.29, 1.82) is 0 Å². The van der Waals surface area contributed by atoms with Gasteiger partial charge in [0.1, 0.15) is 0 Å². The average molecular weight is 523 g/mol. The maximum Gasteiger partial charge on any atom is 0.333 e. The van der Waals surface area contributed by atoms with Gasteiger partial charge in [-0.1, -0.05) is 32.0 Å². The molecule has 0 saturated carbocycles. The second-order valence-corrected chi connectivity index (χ2v) is 11.6. The summed E-state index contributed by atoms with van der Waals surface area (Å²) < 4.78 is 33.9. The number of carbonyl (C=O) groups excluding carboxylic acids is 1. The fourth-order valence-corrected chi connectivity index (χ4v) is 5.81. The van der Waals surface area contributed by atoms with Crippen molar-refractivity contribution in [3.63, 3.8) is 0 Å². The van der Waals surface area contributed by atoms with E-state index in [-0.39, 0.29) is 10.8 Å². The zero-order valence-electron chi connectivity index (χ0n) is 22.0. The number of aryl methyl sites for hydroxylation is 1. The second-order valence-electron chi connectivity index (χ2n) is 9.88. The number of nitrogens with zero attached hydrogens (tertiary/aromatic N) is 2. The molecule has 1 aliphatic rings. The lowest BCUT2D eigenvalue weighted by atomic mass is 9.97. The molecule has 0 aliphatic heterocycles. The van der Waals surface area contributed by atoms with E-state index in [2.05, 4.69) is 34.9 Å². The Labute approximate surface area is 219 Å². The van der Waals surface area contributed by atoms with Crippen LogP contribution in [0.1, 0.15) is 48.4 Å². The summed E-state index contributed by atoms with van der Waals surface area (Å²) in [5.41, 5.74) is 6.38. The Kier molecular flexibility index (Phi) is 7.85. The van der Waals surface area contributed by atoms with Crippen LogP contribution in [0.15, 0.2) is 53.6 Å². The van der Waals surface area contributed by atoms with Gasteiger partial charge < -0.3 is 15.0 Å². The van der Waals surface area contributed by atoms with Gasteiger partial charge in [-0.15, -0.1) is 0 Å². The first-order valence-corrected chi connectivity index (χ1v) is 13.8. The molecule has 3 aromatic rings. The molecule has 2 amide bonds. The topological polar surface area (TPSA) is 101 Å². The highest BCUT2D eigenvalue weighted by molar-refractivity contribution is 7.90. The van der Waals surface area contributed by atoms with Crippen LogP contribution < -0.4 is 14.8 Å². The highest BCUT2D eigenvalue weighted by atomic mass is 32.2. The Morgan fingerprint density at radius 2 is 1.89 bits per heavy atom. The second kappa shape index (κ2) is 10.9. The predicted molar refractivity (Wildman–Crippen MR) is 146 cm³/mol. The highest BCUT2D eigenvalue weighted by Crippen LogP contribution is 2.38. The molecule has 1 aromatic heterocycles. The van der Waals surface area contributed by atoms with Crippen molar-refractivity contribution < 1.29 is 17.9 Å². The Balaban J connectivity index is 1.64. The fourth-order valence-electron chi connectivity index (χ4n) is 4.85. The lowest BCUT2D eigenvalue weighted by Crippen LogP contribution is -2.35. The summed E-state index contributed by atoms with van der Waals surface area (Å²) in [5.74, 6) is 0.697. The molecule has 4 rings (SSSR count). The first-order valence-electron chi connectivity index (χ1n) is 12.4. The van der Waals surface area contributed by atoms with Gasteiger partial charge in [-0.05, 0) is 85.3 Å². The molecular weight excluding hydrogens is 488 g/mol. The number of aromatic nitrogens is 1. The van der Waals surface area contributed by atoms with E-state index in [1.54, 1.807) is 31.5 Å². The number of hydrogen-bond acceptors (Lipinski definition) is 6. The van der Waals surface area contributed by atoms with E-state index < -0.39 is 16.1 Å². The number of sulfonamides is 1. The van der Waals surface area contributed by atoms with E-state index in [1.807, 2.05) is 37.2 Å². The number of carbonyl (C=O) groups is 1. The first-order chi connectivity index (χ1) is 17.6. The molecule has 0 saturated heterocycles. The van der Waals surface area contributed by atoms with Crippen LogP contribution in [0.3, 0.4) is 0 Å². The number of fused-ring (bicyclic) bond motifs is 1.